The van der Waals surface area contributed by atoms with E-state index in [-0.39, 0.29) is 17.6 Å². The van der Waals surface area contributed by atoms with Gasteiger partial charge in [0.1, 0.15) is 5.41 Å². The van der Waals surface area contributed by atoms with Crippen LogP contribution in [-0.4, -0.2) is 17.9 Å². The second-order valence-electron chi connectivity index (χ2n) is 5.86. The van der Waals surface area contributed by atoms with Crippen LogP contribution in [0.4, 0.5) is 18.9 Å². The largest absolute Gasteiger partial charge is 0.416 e. The normalized spacial score (nSPS) is 19.4. The van der Waals surface area contributed by atoms with Crippen molar-refractivity contribution in [2.45, 2.75) is 37.9 Å². The third-order valence-electron chi connectivity index (χ3n) is 4.00. The van der Waals surface area contributed by atoms with Gasteiger partial charge in [0.2, 0.25) is 11.8 Å². The van der Waals surface area contributed by atoms with E-state index in [0.717, 1.165) is 25.0 Å². The predicted molar refractivity (Wildman–Crippen MR) is 72.9 cm³/mol. The van der Waals surface area contributed by atoms with E-state index in [2.05, 4.69) is 10.6 Å². The number of hydrogen-bond donors (Lipinski definition) is 2. The number of carbonyl (C=O) groups is 2. The molecule has 3 rings (SSSR count). The SMILES string of the molecule is O=C(Nc1ccc(C(F)(F)F)cc1)C1(C(=O)NC2CC2)CC1. The van der Waals surface area contributed by atoms with Crippen molar-refractivity contribution in [2.24, 2.45) is 5.41 Å². The van der Waals surface area contributed by atoms with Gasteiger partial charge in [0.05, 0.1) is 5.56 Å². The van der Waals surface area contributed by atoms with E-state index in [1.54, 1.807) is 0 Å². The first-order valence-corrected chi connectivity index (χ1v) is 7.11. The van der Waals surface area contributed by atoms with Crippen LogP contribution in [0.2, 0.25) is 0 Å². The molecule has 0 bridgehead atoms. The lowest BCUT2D eigenvalue weighted by Crippen LogP contribution is -2.40. The molecule has 2 fully saturated rings. The molecule has 2 aliphatic rings. The molecule has 1 aromatic carbocycles. The summed E-state index contributed by atoms with van der Waals surface area (Å²) in [5, 5.41) is 5.33. The van der Waals surface area contributed by atoms with Gasteiger partial charge < -0.3 is 10.6 Å². The van der Waals surface area contributed by atoms with E-state index >= 15 is 0 Å². The average molecular weight is 312 g/mol. The Hall–Kier alpha value is -2.05. The lowest BCUT2D eigenvalue weighted by atomic mass is 10.0. The molecule has 7 heteroatoms. The Bertz CT molecular complexity index is 602. The molecule has 0 unspecified atom stereocenters. The van der Waals surface area contributed by atoms with Gasteiger partial charge in [-0.1, -0.05) is 0 Å². The number of alkyl halides is 3. The van der Waals surface area contributed by atoms with Gasteiger partial charge in [-0.2, -0.15) is 13.2 Å². The molecule has 0 heterocycles. The molecule has 0 radical (unpaired) electrons. The first-order valence-electron chi connectivity index (χ1n) is 7.11. The van der Waals surface area contributed by atoms with Crippen LogP contribution in [0.25, 0.3) is 0 Å². The van der Waals surface area contributed by atoms with Crippen LogP contribution in [0, 0.1) is 5.41 Å². The summed E-state index contributed by atoms with van der Waals surface area (Å²) in [5.41, 5.74) is -1.58. The highest BCUT2D eigenvalue weighted by Crippen LogP contribution is 2.47. The molecule has 0 aromatic heterocycles. The summed E-state index contributed by atoms with van der Waals surface area (Å²) in [4.78, 5) is 24.3. The van der Waals surface area contributed by atoms with Crippen LogP contribution < -0.4 is 10.6 Å². The summed E-state index contributed by atoms with van der Waals surface area (Å²) in [6.45, 7) is 0. The van der Waals surface area contributed by atoms with E-state index < -0.39 is 23.1 Å². The van der Waals surface area contributed by atoms with Crippen LogP contribution in [0.5, 0.6) is 0 Å². The zero-order valence-electron chi connectivity index (χ0n) is 11.7. The molecule has 1 aromatic rings. The number of halogens is 3. The van der Waals surface area contributed by atoms with Crippen LogP contribution in [-0.2, 0) is 15.8 Å². The minimum atomic E-state index is -4.41. The van der Waals surface area contributed by atoms with Gasteiger partial charge in [-0.05, 0) is 49.9 Å². The summed E-state index contributed by atoms with van der Waals surface area (Å²) in [7, 11) is 0. The van der Waals surface area contributed by atoms with E-state index in [9.17, 15) is 22.8 Å². The molecule has 0 saturated heterocycles. The van der Waals surface area contributed by atoms with Gasteiger partial charge in [-0.15, -0.1) is 0 Å². The Balaban J connectivity index is 1.65. The minimum absolute atomic E-state index is 0.170. The van der Waals surface area contributed by atoms with Crippen molar-refractivity contribution in [3.05, 3.63) is 29.8 Å². The summed E-state index contributed by atoms with van der Waals surface area (Å²) in [6.07, 6.45) is -1.61. The maximum absolute atomic E-state index is 12.5. The standard InChI is InChI=1S/C15H15F3N2O2/c16-15(17,18)9-1-3-10(4-2-9)19-12(21)14(7-8-14)13(22)20-11-5-6-11/h1-4,11H,5-8H2,(H,19,21)(H,20,22). The van der Waals surface area contributed by atoms with Crippen LogP contribution in [0.1, 0.15) is 31.2 Å². The van der Waals surface area contributed by atoms with Gasteiger partial charge >= 0.3 is 6.18 Å². The van der Waals surface area contributed by atoms with Gasteiger partial charge in [0.25, 0.3) is 0 Å². The van der Waals surface area contributed by atoms with Crippen molar-refractivity contribution in [1.29, 1.82) is 0 Å². The number of amides is 2. The summed E-state index contributed by atoms with van der Waals surface area (Å²) in [5.74, 6) is -0.732. The predicted octanol–water partition coefficient (Wildman–Crippen LogP) is 2.70. The molecule has 2 aliphatic carbocycles. The molecule has 0 atom stereocenters. The van der Waals surface area contributed by atoms with Gasteiger partial charge in [0, 0.05) is 11.7 Å². The van der Waals surface area contributed by atoms with Gasteiger partial charge in [-0.3, -0.25) is 9.59 Å². The van der Waals surface area contributed by atoms with E-state index in [1.165, 1.54) is 12.1 Å². The second kappa shape index (κ2) is 5.00. The third-order valence-corrected chi connectivity index (χ3v) is 4.00. The first kappa shape index (κ1) is 14.9. The van der Waals surface area contributed by atoms with Gasteiger partial charge in [0.15, 0.2) is 0 Å². The number of benzene rings is 1. The quantitative estimate of drug-likeness (QED) is 0.840. The van der Waals surface area contributed by atoms with Crippen LogP contribution in [0.3, 0.4) is 0 Å². The average Bonchev–Trinajstić information content (AvgIpc) is 3.32. The first-order chi connectivity index (χ1) is 10.3. The summed E-state index contributed by atoms with van der Waals surface area (Å²) >= 11 is 0. The van der Waals surface area contributed by atoms with Crippen molar-refractivity contribution >= 4 is 17.5 Å². The highest BCUT2D eigenvalue weighted by Gasteiger charge is 2.57. The maximum Gasteiger partial charge on any atom is 0.416 e. The molecule has 2 saturated carbocycles. The maximum atomic E-state index is 12.5. The molecule has 118 valence electrons. The molecule has 2 N–H and O–H groups in total. The molecule has 0 aliphatic heterocycles. The Morgan fingerprint density at radius 1 is 1.05 bits per heavy atom. The highest BCUT2D eigenvalue weighted by atomic mass is 19.4. The lowest BCUT2D eigenvalue weighted by Gasteiger charge is -2.15. The van der Waals surface area contributed by atoms with Crippen LogP contribution in [0.15, 0.2) is 24.3 Å². The Morgan fingerprint density at radius 2 is 1.64 bits per heavy atom. The monoisotopic (exact) mass is 312 g/mol. The number of hydrogen-bond acceptors (Lipinski definition) is 2. The van der Waals surface area contributed by atoms with E-state index in [4.69, 9.17) is 0 Å². The van der Waals surface area contributed by atoms with Crippen molar-refractivity contribution in [3.8, 4) is 0 Å². The van der Waals surface area contributed by atoms with Crippen molar-refractivity contribution in [2.75, 3.05) is 5.32 Å². The van der Waals surface area contributed by atoms with Crippen LogP contribution >= 0.6 is 0 Å². The molecule has 2 amide bonds. The fraction of sp³-hybridized carbons (Fsp3) is 0.467. The minimum Gasteiger partial charge on any atom is -0.352 e. The number of carbonyl (C=O) groups excluding carboxylic acids is 2. The molecular weight excluding hydrogens is 297 g/mol. The second-order valence-corrected chi connectivity index (χ2v) is 5.86. The van der Waals surface area contributed by atoms with Crippen molar-refractivity contribution < 1.29 is 22.8 Å². The topological polar surface area (TPSA) is 58.2 Å². The zero-order valence-corrected chi connectivity index (χ0v) is 11.7. The number of rotatable bonds is 4. The van der Waals surface area contributed by atoms with E-state index in [0.29, 0.717) is 12.8 Å². The lowest BCUT2D eigenvalue weighted by molar-refractivity contribution is -0.137. The molecule has 0 spiro atoms. The van der Waals surface area contributed by atoms with Gasteiger partial charge in [-0.25, -0.2) is 0 Å². The van der Waals surface area contributed by atoms with Crippen molar-refractivity contribution in [3.63, 3.8) is 0 Å². The zero-order chi connectivity index (χ0) is 16.0. The smallest absolute Gasteiger partial charge is 0.352 e. The Labute approximate surface area is 125 Å². The molecule has 4 nitrogen and oxygen atoms in total. The number of nitrogens with one attached hydrogen (secondary N) is 2. The fourth-order valence-electron chi connectivity index (χ4n) is 2.23. The highest BCUT2D eigenvalue weighted by molar-refractivity contribution is 6.13. The Kier molecular flexibility index (Phi) is 3.38. The summed E-state index contributed by atoms with van der Waals surface area (Å²) < 4.78 is 37.4. The number of anilines is 1. The summed E-state index contributed by atoms with van der Waals surface area (Å²) in [6, 6.07) is 4.35. The third kappa shape index (κ3) is 2.93. The van der Waals surface area contributed by atoms with E-state index in [1.807, 2.05) is 0 Å². The fourth-order valence-corrected chi connectivity index (χ4v) is 2.23. The molecule has 22 heavy (non-hydrogen) atoms. The van der Waals surface area contributed by atoms with Crippen molar-refractivity contribution in [1.82, 2.24) is 5.32 Å². The molecular formula is C15H15F3N2O2. The Morgan fingerprint density at radius 3 is 2.09 bits per heavy atom.